The van der Waals surface area contributed by atoms with Crippen molar-refractivity contribution >= 4 is 5.91 Å². The highest BCUT2D eigenvalue weighted by molar-refractivity contribution is 5.91. The molecule has 0 fully saturated rings. The second-order valence-corrected chi connectivity index (χ2v) is 2.15. The zero-order valence-corrected chi connectivity index (χ0v) is 6.55. The van der Waals surface area contributed by atoms with Crippen LogP contribution in [0.25, 0.3) is 0 Å². The highest BCUT2D eigenvalue weighted by Gasteiger charge is 1.99. The fraction of sp³-hybridized carbons (Fsp3) is 0.571. The van der Waals surface area contributed by atoms with E-state index in [2.05, 4.69) is 0 Å². The molecule has 0 aromatic rings. The topological polar surface area (TPSA) is 52.3 Å². The van der Waals surface area contributed by atoms with Gasteiger partial charge in [0.1, 0.15) is 0 Å². The molecule has 1 atom stereocenters. The van der Waals surface area contributed by atoms with Crippen LogP contribution in [0.1, 0.15) is 13.8 Å². The maximum absolute atomic E-state index is 10.4. The normalized spacial score (nSPS) is 14.9. The van der Waals surface area contributed by atoms with Gasteiger partial charge in [-0.1, -0.05) is 0 Å². The highest BCUT2D eigenvalue weighted by atomic mass is 16.5. The largest absolute Gasteiger partial charge is 0.378 e. The second kappa shape index (κ2) is 4.06. The Labute approximate surface area is 60.9 Å². The lowest BCUT2D eigenvalue weighted by Gasteiger charge is -2.02. The third-order valence-corrected chi connectivity index (χ3v) is 1.25. The summed E-state index contributed by atoms with van der Waals surface area (Å²) >= 11 is 0. The molecule has 0 aliphatic heterocycles. The van der Waals surface area contributed by atoms with E-state index in [9.17, 15) is 4.79 Å². The average Bonchev–Trinajstić information content (AvgIpc) is 1.87. The van der Waals surface area contributed by atoms with Gasteiger partial charge in [0.25, 0.3) is 0 Å². The number of ether oxygens (including phenoxy) is 1. The third kappa shape index (κ3) is 3.25. The molecule has 58 valence electrons. The van der Waals surface area contributed by atoms with Gasteiger partial charge in [0, 0.05) is 12.7 Å². The van der Waals surface area contributed by atoms with E-state index in [0.717, 1.165) is 0 Å². The van der Waals surface area contributed by atoms with Crippen LogP contribution in [0.5, 0.6) is 0 Å². The fourth-order valence-electron chi connectivity index (χ4n) is 0.502. The van der Waals surface area contributed by atoms with Crippen LogP contribution in [0.15, 0.2) is 11.6 Å². The summed E-state index contributed by atoms with van der Waals surface area (Å²) in [6.07, 6.45) is 1.63. The van der Waals surface area contributed by atoms with E-state index >= 15 is 0 Å². The minimum atomic E-state index is -0.399. The monoisotopic (exact) mass is 143 g/mol. The fourth-order valence-corrected chi connectivity index (χ4v) is 0.502. The molecular formula is C7H13NO2. The lowest BCUT2D eigenvalue weighted by atomic mass is 10.2. The summed E-state index contributed by atoms with van der Waals surface area (Å²) in [4.78, 5) is 10.4. The van der Waals surface area contributed by atoms with Crippen LogP contribution < -0.4 is 5.73 Å². The number of hydrogen-bond acceptors (Lipinski definition) is 2. The average molecular weight is 143 g/mol. The van der Waals surface area contributed by atoms with Gasteiger partial charge in [-0.2, -0.15) is 0 Å². The first-order chi connectivity index (χ1) is 4.57. The van der Waals surface area contributed by atoms with Crippen molar-refractivity contribution in [2.24, 2.45) is 5.73 Å². The van der Waals surface area contributed by atoms with E-state index < -0.39 is 5.91 Å². The van der Waals surface area contributed by atoms with E-state index in [-0.39, 0.29) is 6.10 Å². The highest BCUT2D eigenvalue weighted by Crippen LogP contribution is 1.96. The number of amides is 1. The number of methoxy groups -OCH3 is 1. The lowest BCUT2D eigenvalue weighted by molar-refractivity contribution is -0.114. The Balaban J connectivity index is 4.02. The van der Waals surface area contributed by atoms with Gasteiger partial charge in [0.2, 0.25) is 5.91 Å². The minimum Gasteiger partial charge on any atom is -0.378 e. The number of carbonyl (C=O) groups excluding carboxylic acids is 1. The maximum Gasteiger partial charge on any atom is 0.244 e. The first kappa shape index (κ1) is 9.17. The molecule has 3 nitrogen and oxygen atoms in total. The van der Waals surface area contributed by atoms with Crippen molar-refractivity contribution in [3.63, 3.8) is 0 Å². The van der Waals surface area contributed by atoms with Crippen LogP contribution in [-0.2, 0) is 9.53 Å². The predicted octanol–water partition coefficient (Wildman–Crippen LogP) is 0.453. The molecule has 3 heteroatoms. The summed E-state index contributed by atoms with van der Waals surface area (Å²) < 4.78 is 4.89. The summed E-state index contributed by atoms with van der Waals surface area (Å²) in [5.41, 5.74) is 5.51. The molecule has 1 amide bonds. The van der Waals surface area contributed by atoms with Gasteiger partial charge in [-0.05, 0) is 19.9 Å². The van der Waals surface area contributed by atoms with Crippen molar-refractivity contribution in [1.82, 2.24) is 0 Å². The van der Waals surface area contributed by atoms with Crippen LogP contribution in [0.3, 0.4) is 0 Å². The molecule has 1 unspecified atom stereocenters. The molecule has 0 rings (SSSR count). The molecule has 0 aliphatic carbocycles. The molecule has 10 heavy (non-hydrogen) atoms. The van der Waals surface area contributed by atoms with E-state index in [0.29, 0.717) is 5.57 Å². The lowest BCUT2D eigenvalue weighted by Crippen LogP contribution is -2.14. The van der Waals surface area contributed by atoms with Crippen molar-refractivity contribution in [2.75, 3.05) is 7.11 Å². The van der Waals surface area contributed by atoms with Crippen molar-refractivity contribution in [2.45, 2.75) is 20.0 Å². The SMILES string of the molecule is COC(C)C=C(C)C(N)=O. The quantitative estimate of drug-likeness (QED) is 0.583. The Morgan fingerprint density at radius 3 is 2.50 bits per heavy atom. The Hall–Kier alpha value is -0.830. The summed E-state index contributed by atoms with van der Waals surface area (Å²) in [6, 6.07) is 0. The van der Waals surface area contributed by atoms with E-state index in [1.807, 2.05) is 6.92 Å². The Morgan fingerprint density at radius 2 is 2.20 bits per heavy atom. The molecule has 2 N–H and O–H groups in total. The van der Waals surface area contributed by atoms with Gasteiger partial charge < -0.3 is 10.5 Å². The maximum atomic E-state index is 10.4. The third-order valence-electron chi connectivity index (χ3n) is 1.25. The van der Waals surface area contributed by atoms with Crippen molar-refractivity contribution in [3.05, 3.63) is 11.6 Å². The molecule has 0 aromatic carbocycles. The number of hydrogen-bond donors (Lipinski definition) is 1. The van der Waals surface area contributed by atoms with Gasteiger partial charge in [-0.3, -0.25) is 4.79 Å². The van der Waals surface area contributed by atoms with Gasteiger partial charge in [-0.15, -0.1) is 0 Å². The smallest absolute Gasteiger partial charge is 0.244 e. The van der Waals surface area contributed by atoms with Gasteiger partial charge >= 0.3 is 0 Å². The molecule has 0 saturated heterocycles. The number of carbonyl (C=O) groups is 1. The molecule has 0 radical (unpaired) electrons. The summed E-state index contributed by atoms with van der Waals surface area (Å²) in [5.74, 6) is -0.399. The van der Waals surface area contributed by atoms with Crippen molar-refractivity contribution in [3.8, 4) is 0 Å². The summed E-state index contributed by atoms with van der Waals surface area (Å²) in [5, 5.41) is 0. The Kier molecular flexibility index (Phi) is 3.72. The van der Waals surface area contributed by atoms with Crippen LogP contribution in [0.2, 0.25) is 0 Å². The molecule has 0 heterocycles. The predicted molar refractivity (Wildman–Crippen MR) is 39.4 cm³/mol. The number of nitrogens with two attached hydrogens (primary N) is 1. The zero-order valence-electron chi connectivity index (χ0n) is 6.55. The molecule has 0 spiro atoms. The van der Waals surface area contributed by atoms with E-state index in [1.54, 1.807) is 20.1 Å². The standard InChI is InChI=1S/C7H13NO2/c1-5(7(8)9)4-6(2)10-3/h4,6H,1-3H3,(H2,8,9). The Bertz CT molecular complexity index is 152. The molecule has 0 saturated carbocycles. The first-order valence-electron chi connectivity index (χ1n) is 3.09. The van der Waals surface area contributed by atoms with Crippen molar-refractivity contribution < 1.29 is 9.53 Å². The summed E-state index contributed by atoms with van der Waals surface area (Å²) in [6.45, 7) is 3.50. The summed E-state index contributed by atoms with van der Waals surface area (Å²) in [7, 11) is 1.58. The number of primary amides is 1. The van der Waals surface area contributed by atoms with E-state index in [1.165, 1.54) is 0 Å². The van der Waals surface area contributed by atoms with Gasteiger partial charge in [-0.25, -0.2) is 0 Å². The number of rotatable bonds is 3. The van der Waals surface area contributed by atoms with Crippen LogP contribution in [0.4, 0.5) is 0 Å². The molecular weight excluding hydrogens is 130 g/mol. The minimum absolute atomic E-state index is 0.0486. The van der Waals surface area contributed by atoms with E-state index in [4.69, 9.17) is 10.5 Å². The van der Waals surface area contributed by atoms with Crippen LogP contribution in [-0.4, -0.2) is 19.1 Å². The van der Waals surface area contributed by atoms with Crippen LogP contribution >= 0.6 is 0 Å². The molecule has 0 bridgehead atoms. The van der Waals surface area contributed by atoms with Crippen molar-refractivity contribution in [1.29, 1.82) is 0 Å². The van der Waals surface area contributed by atoms with Gasteiger partial charge in [0.15, 0.2) is 0 Å². The molecule has 0 aliphatic rings. The second-order valence-electron chi connectivity index (χ2n) is 2.15. The zero-order chi connectivity index (χ0) is 8.15. The Morgan fingerprint density at radius 1 is 1.70 bits per heavy atom. The van der Waals surface area contributed by atoms with Gasteiger partial charge in [0.05, 0.1) is 6.10 Å². The van der Waals surface area contributed by atoms with Crippen LogP contribution in [0, 0.1) is 0 Å². The molecule has 0 aromatic heterocycles. The first-order valence-corrected chi connectivity index (χ1v) is 3.09.